The van der Waals surface area contributed by atoms with Crippen LogP contribution in [0.5, 0.6) is 11.5 Å². The zero-order valence-corrected chi connectivity index (χ0v) is 14.5. The van der Waals surface area contributed by atoms with Gasteiger partial charge in [-0.1, -0.05) is 23.7 Å². The monoisotopic (exact) mass is 369 g/mol. The highest BCUT2D eigenvalue weighted by Gasteiger charge is 2.15. The van der Waals surface area contributed by atoms with E-state index in [1.54, 1.807) is 24.3 Å². The van der Waals surface area contributed by atoms with Crippen molar-refractivity contribution < 1.29 is 14.3 Å². The molecule has 4 nitrogen and oxygen atoms in total. The van der Waals surface area contributed by atoms with E-state index in [1.807, 2.05) is 29.6 Å². The van der Waals surface area contributed by atoms with Crippen LogP contribution in [0, 0.1) is 0 Å². The van der Waals surface area contributed by atoms with E-state index in [0.717, 1.165) is 16.3 Å². The van der Waals surface area contributed by atoms with Gasteiger partial charge in [-0.25, -0.2) is 4.98 Å². The molecule has 0 atom stereocenters. The molecule has 0 N–H and O–H groups in total. The standard InChI is InChI=1S/C19H12ClNO3S/c20-14-4-1-12(2-5-14)19-21-15(10-25-19)6-7-16(22)13-3-8-17-18(9-13)24-11-23-17/h1-10H,11H2. The van der Waals surface area contributed by atoms with Gasteiger partial charge in [-0.05, 0) is 42.5 Å². The first-order valence-electron chi connectivity index (χ1n) is 7.52. The van der Waals surface area contributed by atoms with E-state index < -0.39 is 0 Å². The second-order valence-corrected chi connectivity index (χ2v) is 6.64. The third-order valence-electron chi connectivity index (χ3n) is 3.68. The van der Waals surface area contributed by atoms with E-state index in [1.165, 1.54) is 17.4 Å². The molecule has 1 aliphatic rings. The number of nitrogens with zero attached hydrogens (tertiary/aromatic N) is 1. The molecular weight excluding hydrogens is 358 g/mol. The lowest BCUT2D eigenvalue weighted by molar-refractivity contribution is 0.104. The first-order chi connectivity index (χ1) is 12.2. The maximum atomic E-state index is 12.3. The number of rotatable bonds is 4. The molecule has 2 heterocycles. The molecule has 0 unspecified atom stereocenters. The fourth-order valence-corrected chi connectivity index (χ4v) is 3.31. The van der Waals surface area contributed by atoms with Crippen LogP contribution in [0.25, 0.3) is 16.6 Å². The molecule has 0 amide bonds. The lowest BCUT2D eigenvalue weighted by atomic mass is 10.1. The van der Waals surface area contributed by atoms with Crippen molar-refractivity contribution in [3.63, 3.8) is 0 Å². The number of halogens is 1. The topological polar surface area (TPSA) is 48.4 Å². The largest absolute Gasteiger partial charge is 0.454 e. The highest BCUT2D eigenvalue weighted by Crippen LogP contribution is 2.32. The van der Waals surface area contributed by atoms with Gasteiger partial charge in [0.2, 0.25) is 6.79 Å². The number of allylic oxidation sites excluding steroid dienone is 1. The molecule has 6 heteroatoms. The Morgan fingerprint density at radius 2 is 1.92 bits per heavy atom. The Hall–Kier alpha value is -2.63. The van der Waals surface area contributed by atoms with E-state index in [4.69, 9.17) is 21.1 Å². The van der Waals surface area contributed by atoms with Crippen LogP contribution < -0.4 is 9.47 Å². The van der Waals surface area contributed by atoms with Gasteiger partial charge in [0.15, 0.2) is 17.3 Å². The van der Waals surface area contributed by atoms with Gasteiger partial charge in [0, 0.05) is 21.5 Å². The van der Waals surface area contributed by atoms with Crippen molar-refractivity contribution in [2.75, 3.05) is 6.79 Å². The van der Waals surface area contributed by atoms with E-state index in [9.17, 15) is 4.79 Å². The van der Waals surface area contributed by atoms with Gasteiger partial charge in [0.05, 0.1) is 5.69 Å². The van der Waals surface area contributed by atoms with Crippen molar-refractivity contribution >= 4 is 34.8 Å². The van der Waals surface area contributed by atoms with Crippen molar-refractivity contribution in [3.8, 4) is 22.1 Å². The molecule has 0 saturated carbocycles. The Balaban J connectivity index is 1.50. The molecule has 0 fully saturated rings. The third kappa shape index (κ3) is 3.43. The maximum absolute atomic E-state index is 12.3. The fourth-order valence-electron chi connectivity index (χ4n) is 2.39. The second kappa shape index (κ2) is 6.70. The van der Waals surface area contributed by atoms with Crippen molar-refractivity contribution in [1.29, 1.82) is 0 Å². The van der Waals surface area contributed by atoms with Crippen LogP contribution in [-0.4, -0.2) is 17.6 Å². The van der Waals surface area contributed by atoms with Crippen LogP contribution in [0.2, 0.25) is 5.02 Å². The number of carbonyl (C=O) groups excluding carboxylic acids is 1. The average Bonchev–Trinajstić information content (AvgIpc) is 3.29. The van der Waals surface area contributed by atoms with Crippen molar-refractivity contribution in [2.45, 2.75) is 0 Å². The summed E-state index contributed by atoms with van der Waals surface area (Å²) in [5.41, 5.74) is 2.29. The van der Waals surface area contributed by atoms with Crippen LogP contribution in [0.3, 0.4) is 0 Å². The van der Waals surface area contributed by atoms with Gasteiger partial charge in [0.25, 0.3) is 0 Å². The zero-order chi connectivity index (χ0) is 17.2. The Morgan fingerprint density at radius 1 is 1.12 bits per heavy atom. The number of carbonyl (C=O) groups is 1. The average molecular weight is 370 g/mol. The van der Waals surface area contributed by atoms with Crippen molar-refractivity contribution in [1.82, 2.24) is 4.98 Å². The van der Waals surface area contributed by atoms with Gasteiger partial charge in [-0.3, -0.25) is 4.79 Å². The SMILES string of the molecule is O=C(C=Cc1csc(-c2ccc(Cl)cc2)n1)c1ccc2c(c1)OCO2. The van der Waals surface area contributed by atoms with E-state index in [2.05, 4.69) is 4.98 Å². The van der Waals surface area contributed by atoms with Crippen LogP contribution in [0.4, 0.5) is 0 Å². The number of hydrogen-bond acceptors (Lipinski definition) is 5. The van der Waals surface area contributed by atoms with Crippen LogP contribution >= 0.6 is 22.9 Å². The van der Waals surface area contributed by atoms with E-state index in [-0.39, 0.29) is 12.6 Å². The van der Waals surface area contributed by atoms with Crippen LogP contribution in [-0.2, 0) is 0 Å². The molecule has 0 saturated heterocycles. The molecule has 0 aliphatic carbocycles. The highest BCUT2D eigenvalue weighted by molar-refractivity contribution is 7.13. The molecule has 1 aromatic heterocycles. The lowest BCUT2D eigenvalue weighted by Gasteiger charge is -1.98. The summed E-state index contributed by atoms with van der Waals surface area (Å²) in [6, 6.07) is 12.7. The Labute approximate surface area is 153 Å². The smallest absolute Gasteiger partial charge is 0.231 e. The first kappa shape index (κ1) is 15.9. The van der Waals surface area contributed by atoms with Gasteiger partial charge >= 0.3 is 0 Å². The zero-order valence-electron chi connectivity index (χ0n) is 12.9. The first-order valence-corrected chi connectivity index (χ1v) is 8.78. The Morgan fingerprint density at radius 3 is 2.76 bits per heavy atom. The molecule has 0 bridgehead atoms. The normalized spacial score (nSPS) is 12.7. The summed E-state index contributed by atoms with van der Waals surface area (Å²) in [5.74, 6) is 1.14. The molecule has 0 spiro atoms. The third-order valence-corrected chi connectivity index (χ3v) is 4.84. The minimum absolute atomic E-state index is 0.112. The predicted octanol–water partition coefficient (Wildman–Crippen LogP) is 5.09. The molecule has 124 valence electrons. The minimum atomic E-state index is -0.112. The minimum Gasteiger partial charge on any atom is -0.454 e. The molecule has 4 rings (SSSR count). The summed E-state index contributed by atoms with van der Waals surface area (Å²) in [7, 11) is 0. The number of benzene rings is 2. The number of ether oxygens (including phenoxy) is 2. The van der Waals surface area contributed by atoms with Gasteiger partial charge in [-0.15, -0.1) is 11.3 Å². The number of hydrogen-bond donors (Lipinski definition) is 0. The van der Waals surface area contributed by atoms with E-state index in [0.29, 0.717) is 22.1 Å². The molecule has 2 aromatic carbocycles. The summed E-state index contributed by atoms with van der Waals surface area (Å²) < 4.78 is 10.5. The number of fused-ring (bicyclic) bond motifs is 1. The van der Waals surface area contributed by atoms with E-state index >= 15 is 0 Å². The number of aromatic nitrogens is 1. The van der Waals surface area contributed by atoms with Gasteiger partial charge < -0.3 is 9.47 Å². The summed E-state index contributed by atoms with van der Waals surface area (Å²) in [5, 5.41) is 3.48. The molecular formula is C19H12ClNO3S. The van der Waals surface area contributed by atoms with Crippen molar-refractivity contribution in [2.24, 2.45) is 0 Å². The van der Waals surface area contributed by atoms with Gasteiger partial charge in [0.1, 0.15) is 5.01 Å². The highest BCUT2D eigenvalue weighted by atomic mass is 35.5. The van der Waals surface area contributed by atoms with Crippen LogP contribution in [0.15, 0.2) is 53.9 Å². The molecule has 3 aromatic rings. The van der Waals surface area contributed by atoms with Gasteiger partial charge in [-0.2, -0.15) is 0 Å². The van der Waals surface area contributed by atoms with Crippen LogP contribution in [0.1, 0.15) is 16.1 Å². The fraction of sp³-hybridized carbons (Fsp3) is 0.0526. The summed E-state index contributed by atoms with van der Waals surface area (Å²) in [4.78, 5) is 16.8. The Kier molecular flexibility index (Phi) is 4.26. The summed E-state index contributed by atoms with van der Waals surface area (Å²) in [6.45, 7) is 0.190. The number of ketones is 1. The quantitative estimate of drug-likeness (QED) is 0.475. The summed E-state index contributed by atoms with van der Waals surface area (Å²) in [6.07, 6.45) is 3.22. The molecule has 1 aliphatic heterocycles. The summed E-state index contributed by atoms with van der Waals surface area (Å²) >= 11 is 7.42. The maximum Gasteiger partial charge on any atom is 0.231 e. The lowest BCUT2D eigenvalue weighted by Crippen LogP contribution is -1.94. The second-order valence-electron chi connectivity index (χ2n) is 5.35. The van der Waals surface area contributed by atoms with Crippen molar-refractivity contribution in [3.05, 3.63) is 70.2 Å². The molecule has 25 heavy (non-hydrogen) atoms. The predicted molar refractivity (Wildman–Crippen MR) is 98.5 cm³/mol. The molecule has 0 radical (unpaired) electrons. The number of thiazole rings is 1. The Bertz CT molecular complexity index is 963.